The molecule has 0 aliphatic carbocycles. The summed E-state index contributed by atoms with van der Waals surface area (Å²) in [6.45, 7) is 2.00. The molecule has 0 radical (unpaired) electrons. The minimum absolute atomic E-state index is 0.00708. The van der Waals surface area contributed by atoms with Gasteiger partial charge in [-0.3, -0.25) is 9.59 Å². The van der Waals surface area contributed by atoms with Crippen LogP contribution in [0.3, 0.4) is 0 Å². The van der Waals surface area contributed by atoms with Crippen molar-refractivity contribution in [2.45, 2.75) is 19.3 Å². The van der Waals surface area contributed by atoms with E-state index in [-0.39, 0.29) is 30.1 Å². The van der Waals surface area contributed by atoms with Crippen LogP contribution in [0.15, 0.2) is 54.6 Å². The topological polar surface area (TPSA) is 46.6 Å². The molecule has 2 aromatic carbocycles. The van der Waals surface area contributed by atoms with E-state index in [0.717, 1.165) is 5.56 Å². The van der Waals surface area contributed by atoms with Gasteiger partial charge in [0.2, 0.25) is 11.8 Å². The first kappa shape index (κ1) is 15.3. The minimum Gasteiger partial charge on any atom is -0.495 e. The number of carbonyl (C=O) groups excluding carboxylic acids is 2. The van der Waals surface area contributed by atoms with E-state index in [1.165, 1.54) is 12.0 Å². The molecule has 4 heteroatoms. The number of amides is 2. The van der Waals surface area contributed by atoms with Gasteiger partial charge in [0.15, 0.2) is 0 Å². The standard InChI is InChI=1S/C19H19NO3/c1-13(14-8-4-3-5-9-14)15-12-18(21)20(19(15)22)16-10-6-7-11-17(16)23-2/h3-11,13,15H,12H2,1-2H3/t13-,15+/m0/s1. The highest BCUT2D eigenvalue weighted by Gasteiger charge is 2.43. The van der Waals surface area contributed by atoms with Gasteiger partial charge in [0.25, 0.3) is 0 Å². The van der Waals surface area contributed by atoms with Crippen molar-refractivity contribution in [2.24, 2.45) is 5.92 Å². The quantitative estimate of drug-likeness (QED) is 0.813. The summed E-state index contributed by atoms with van der Waals surface area (Å²) >= 11 is 0. The Morgan fingerprint density at radius 2 is 1.70 bits per heavy atom. The molecule has 0 bridgehead atoms. The van der Waals surface area contributed by atoms with Crippen molar-refractivity contribution in [1.82, 2.24) is 0 Å². The summed E-state index contributed by atoms with van der Waals surface area (Å²) in [5.41, 5.74) is 1.59. The average molecular weight is 309 g/mol. The fourth-order valence-electron chi connectivity index (χ4n) is 3.10. The first-order valence-electron chi connectivity index (χ1n) is 7.68. The van der Waals surface area contributed by atoms with E-state index in [9.17, 15) is 9.59 Å². The zero-order chi connectivity index (χ0) is 16.4. The Balaban J connectivity index is 1.91. The monoisotopic (exact) mass is 309 g/mol. The Hall–Kier alpha value is -2.62. The zero-order valence-corrected chi connectivity index (χ0v) is 13.2. The number of hydrogen-bond acceptors (Lipinski definition) is 3. The normalized spacial score (nSPS) is 19.0. The average Bonchev–Trinajstić information content (AvgIpc) is 2.89. The van der Waals surface area contributed by atoms with Crippen LogP contribution < -0.4 is 9.64 Å². The lowest BCUT2D eigenvalue weighted by Gasteiger charge is -2.20. The third kappa shape index (κ3) is 2.72. The number of para-hydroxylation sites is 2. The van der Waals surface area contributed by atoms with Gasteiger partial charge in [-0.2, -0.15) is 0 Å². The summed E-state index contributed by atoms with van der Waals surface area (Å²) in [6, 6.07) is 16.9. The highest BCUT2D eigenvalue weighted by atomic mass is 16.5. The molecule has 1 fully saturated rings. The molecule has 2 atom stereocenters. The van der Waals surface area contributed by atoms with Crippen LogP contribution in [0.4, 0.5) is 5.69 Å². The third-order valence-electron chi connectivity index (χ3n) is 4.44. The number of imide groups is 1. The SMILES string of the molecule is COc1ccccc1N1C(=O)C[C@H]([C@@H](C)c2ccccc2)C1=O. The van der Waals surface area contributed by atoms with E-state index in [0.29, 0.717) is 11.4 Å². The van der Waals surface area contributed by atoms with E-state index < -0.39 is 0 Å². The summed E-state index contributed by atoms with van der Waals surface area (Å²) in [5, 5.41) is 0. The Morgan fingerprint density at radius 3 is 2.39 bits per heavy atom. The Bertz CT molecular complexity index is 726. The molecule has 0 aromatic heterocycles. The highest BCUT2D eigenvalue weighted by Crippen LogP contribution is 2.38. The summed E-state index contributed by atoms with van der Waals surface area (Å²) in [4.78, 5) is 26.6. The maximum atomic E-state index is 12.8. The van der Waals surface area contributed by atoms with Crippen LogP contribution in [0, 0.1) is 5.92 Å². The van der Waals surface area contributed by atoms with Crippen molar-refractivity contribution in [3.63, 3.8) is 0 Å². The van der Waals surface area contributed by atoms with E-state index in [4.69, 9.17) is 4.74 Å². The lowest BCUT2D eigenvalue weighted by molar-refractivity contribution is -0.122. The molecule has 23 heavy (non-hydrogen) atoms. The van der Waals surface area contributed by atoms with Gasteiger partial charge in [0.05, 0.1) is 18.7 Å². The molecule has 1 heterocycles. The van der Waals surface area contributed by atoms with Crippen LogP contribution in [0.1, 0.15) is 24.8 Å². The fourth-order valence-corrected chi connectivity index (χ4v) is 3.10. The van der Waals surface area contributed by atoms with Gasteiger partial charge in [-0.15, -0.1) is 0 Å². The molecule has 1 saturated heterocycles. The number of benzene rings is 2. The first-order valence-corrected chi connectivity index (χ1v) is 7.68. The lowest BCUT2D eigenvalue weighted by atomic mass is 9.86. The van der Waals surface area contributed by atoms with Crippen LogP contribution in [0.25, 0.3) is 0 Å². The lowest BCUT2D eigenvalue weighted by Crippen LogP contribution is -2.31. The van der Waals surface area contributed by atoms with Gasteiger partial charge < -0.3 is 4.74 Å². The fraction of sp³-hybridized carbons (Fsp3) is 0.263. The smallest absolute Gasteiger partial charge is 0.238 e. The molecule has 0 unspecified atom stereocenters. The molecule has 4 nitrogen and oxygen atoms in total. The number of nitrogens with zero attached hydrogens (tertiary/aromatic N) is 1. The predicted molar refractivity (Wildman–Crippen MR) is 88.5 cm³/mol. The number of carbonyl (C=O) groups is 2. The molecular formula is C19H19NO3. The molecule has 2 amide bonds. The third-order valence-corrected chi connectivity index (χ3v) is 4.44. The number of rotatable bonds is 4. The van der Waals surface area contributed by atoms with Crippen molar-refractivity contribution >= 4 is 17.5 Å². The number of hydrogen-bond donors (Lipinski definition) is 0. The van der Waals surface area contributed by atoms with E-state index in [1.807, 2.05) is 43.3 Å². The van der Waals surface area contributed by atoms with Crippen LogP contribution in [0.5, 0.6) is 5.75 Å². The van der Waals surface area contributed by atoms with Crippen LogP contribution in [-0.4, -0.2) is 18.9 Å². The van der Waals surface area contributed by atoms with Gasteiger partial charge >= 0.3 is 0 Å². The second-order valence-electron chi connectivity index (χ2n) is 5.75. The maximum absolute atomic E-state index is 12.8. The second-order valence-corrected chi connectivity index (χ2v) is 5.75. The first-order chi connectivity index (χ1) is 11.1. The van der Waals surface area contributed by atoms with E-state index >= 15 is 0 Å². The zero-order valence-electron chi connectivity index (χ0n) is 13.2. The van der Waals surface area contributed by atoms with Crippen LogP contribution in [-0.2, 0) is 9.59 Å². The molecule has 1 aliphatic rings. The number of anilines is 1. The number of ether oxygens (including phenoxy) is 1. The molecule has 3 rings (SSSR count). The van der Waals surface area contributed by atoms with Crippen molar-refractivity contribution < 1.29 is 14.3 Å². The molecule has 2 aromatic rings. The minimum atomic E-state index is -0.338. The van der Waals surface area contributed by atoms with Crippen LogP contribution in [0.2, 0.25) is 0 Å². The van der Waals surface area contributed by atoms with Gasteiger partial charge in [0, 0.05) is 6.42 Å². The van der Waals surface area contributed by atoms with Crippen molar-refractivity contribution in [3.05, 3.63) is 60.2 Å². The largest absolute Gasteiger partial charge is 0.495 e. The maximum Gasteiger partial charge on any atom is 0.238 e. The Morgan fingerprint density at radius 1 is 1.04 bits per heavy atom. The van der Waals surface area contributed by atoms with E-state index in [1.54, 1.807) is 18.2 Å². The Kier molecular flexibility index (Phi) is 4.15. The van der Waals surface area contributed by atoms with Crippen LogP contribution >= 0.6 is 0 Å². The van der Waals surface area contributed by atoms with Gasteiger partial charge in [0.1, 0.15) is 5.75 Å². The van der Waals surface area contributed by atoms with E-state index in [2.05, 4.69) is 0 Å². The molecule has 118 valence electrons. The van der Waals surface area contributed by atoms with Gasteiger partial charge in [-0.25, -0.2) is 4.90 Å². The van der Waals surface area contributed by atoms with Crippen molar-refractivity contribution in [3.8, 4) is 5.75 Å². The summed E-state index contributed by atoms with van der Waals surface area (Å²) < 4.78 is 5.29. The molecule has 0 saturated carbocycles. The van der Waals surface area contributed by atoms with Gasteiger partial charge in [-0.05, 0) is 23.6 Å². The molecule has 0 spiro atoms. The van der Waals surface area contributed by atoms with Crippen molar-refractivity contribution in [1.29, 1.82) is 0 Å². The summed E-state index contributed by atoms with van der Waals surface area (Å²) in [7, 11) is 1.54. The molecule has 1 aliphatic heterocycles. The predicted octanol–water partition coefficient (Wildman–Crippen LogP) is 3.38. The molecular weight excluding hydrogens is 290 g/mol. The second kappa shape index (κ2) is 6.24. The Labute approximate surface area is 135 Å². The summed E-state index contributed by atoms with van der Waals surface area (Å²) in [6.07, 6.45) is 0.229. The number of methoxy groups -OCH3 is 1. The molecule has 0 N–H and O–H groups in total. The van der Waals surface area contributed by atoms with Crippen molar-refractivity contribution in [2.75, 3.05) is 12.0 Å². The van der Waals surface area contributed by atoms with Gasteiger partial charge in [-0.1, -0.05) is 49.4 Å². The highest BCUT2D eigenvalue weighted by molar-refractivity contribution is 6.21. The summed E-state index contributed by atoms with van der Waals surface area (Å²) in [5.74, 6) is -0.146.